The number of carbonyl (C=O) groups is 1. The van der Waals surface area contributed by atoms with Gasteiger partial charge in [-0.05, 0) is 52.4 Å². The summed E-state index contributed by atoms with van der Waals surface area (Å²) < 4.78 is 0. The van der Waals surface area contributed by atoms with Gasteiger partial charge in [-0.15, -0.1) is 0 Å². The smallest absolute Gasteiger partial charge is 0.309 e. The summed E-state index contributed by atoms with van der Waals surface area (Å²) >= 11 is 0. The van der Waals surface area contributed by atoms with Crippen LogP contribution in [-0.2, 0) is 11.3 Å². The van der Waals surface area contributed by atoms with E-state index in [1.807, 2.05) is 25.2 Å². The van der Waals surface area contributed by atoms with Crippen molar-refractivity contribution in [1.82, 2.24) is 9.88 Å². The third-order valence-electron chi connectivity index (χ3n) is 3.08. The van der Waals surface area contributed by atoms with Crippen molar-refractivity contribution in [2.24, 2.45) is 5.41 Å². The number of nitrogens with zero attached hydrogens (tertiary/aromatic N) is 2. The van der Waals surface area contributed by atoms with E-state index in [2.05, 4.69) is 9.88 Å². The van der Waals surface area contributed by atoms with Crippen LogP contribution >= 0.6 is 0 Å². The molecule has 4 nitrogen and oxygen atoms in total. The van der Waals surface area contributed by atoms with Gasteiger partial charge >= 0.3 is 5.97 Å². The molecule has 1 aromatic heterocycles. The van der Waals surface area contributed by atoms with Gasteiger partial charge in [0.15, 0.2) is 0 Å². The van der Waals surface area contributed by atoms with E-state index in [-0.39, 0.29) is 0 Å². The highest BCUT2D eigenvalue weighted by molar-refractivity contribution is 5.73. The third kappa shape index (κ3) is 4.84. The van der Waals surface area contributed by atoms with Crippen LogP contribution in [0.25, 0.3) is 0 Å². The Morgan fingerprint density at radius 3 is 2.72 bits per heavy atom. The lowest BCUT2D eigenvalue weighted by Gasteiger charge is -2.21. The number of carboxylic acids is 1. The number of pyridine rings is 1. The molecule has 0 unspecified atom stereocenters. The summed E-state index contributed by atoms with van der Waals surface area (Å²) in [5.41, 5.74) is 0.406. The number of carboxylic acid groups (broad SMARTS) is 1. The number of hydrogen-bond donors (Lipinski definition) is 1. The molecule has 0 amide bonds. The molecule has 0 aliphatic carbocycles. The van der Waals surface area contributed by atoms with E-state index >= 15 is 0 Å². The summed E-state index contributed by atoms with van der Waals surface area (Å²) in [5, 5.41) is 9.02. The Morgan fingerprint density at radius 1 is 1.44 bits per heavy atom. The van der Waals surface area contributed by atoms with Crippen LogP contribution in [0.5, 0.6) is 0 Å². The molecule has 0 aromatic carbocycles. The van der Waals surface area contributed by atoms with Crippen LogP contribution in [0.3, 0.4) is 0 Å². The molecule has 0 bridgehead atoms. The van der Waals surface area contributed by atoms with Crippen LogP contribution < -0.4 is 0 Å². The van der Waals surface area contributed by atoms with Gasteiger partial charge < -0.3 is 10.0 Å². The van der Waals surface area contributed by atoms with Crippen molar-refractivity contribution >= 4 is 5.97 Å². The first kappa shape index (κ1) is 14.6. The van der Waals surface area contributed by atoms with Gasteiger partial charge in [0.25, 0.3) is 0 Å². The molecule has 18 heavy (non-hydrogen) atoms. The van der Waals surface area contributed by atoms with E-state index in [1.165, 1.54) is 0 Å². The predicted octanol–water partition coefficient (Wildman–Crippen LogP) is 2.40. The zero-order valence-electron chi connectivity index (χ0n) is 11.4. The summed E-state index contributed by atoms with van der Waals surface area (Å²) in [5.74, 6) is -0.727. The first-order valence-electron chi connectivity index (χ1n) is 6.23. The average molecular weight is 250 g/mol. The van der Waals surface area contributed by atoms with E-state index in [4.69, 9.17) is 5.11 Å². The van der Waals surface area contributed by atoms with Crippen molar-refractivity contribution in [1.29, 1.82) is 0 Å². The second-order valence-electron chi connectivity index (χ2n) is 5.35. The average Bonchev–Trinajstić information content (AvgIpc) is 2.29. The van der Waals surface area contributed by atoms with E-state index in [9.17, 15) is 4.79 Å². The molecule has 0 fully saturated rings. The molecule has 100 valence electrons. The van der Waals surface area contributed by atoms with Crippen molar-refractivity contribution in [2.75, 3.05) is 13.6 Å². The van der Waals surface area contributed by atoms with E-state index in [0.29, 0.717) is 6.42 Å². The summed E-state index contributed by atoms with van der Waals surface area (Å²) in [6, 6.07) is 5.88. The van der Waals surface area contributed by atoms with Gasteiger partial charge in [0.2, 0.25) is 0 Å². The van der Waals surface area contributed by atoms with E-state index < -0.39 is 11.4 Å². The molecule has 0 atom stereocenters. The van der Waals surface area contributed by atoms with Crippen molar-refractivity contribution in [3.63, 3.8) is 0 Å². The van der Waals surface area contributed by atoms with Crippen molar-refractivity contribution in [3.8, 4) is 0 Å². The van der Waals surface area contributed by atoms with Crippen LogP contribution in [0, 0.1) is 5.41 Å². The van der Waals surface area contributed by atoms with Gasteiger partial charge in [0.05, 0.1) is 11.1 Å². The second-order valence-corrected chi connectivity index (χ2v) is 5.35. The van der Waals surface area contributed by atoms with Gasteiger partial charge in [0, 0.05) is 12.7 Å². The lowest BCUT2D eigenvalue weighted by Crippen LogP contribution is -2.26. The predicted molar refractivity (Wildman–Crippen MR) is 71.2 cm³/mol. The van der Waals surface area contributed by atoms with Crippen molar-refractivity contribution in [2.45, 2.75) is 33.2 Å². The van der Waals surface area contributed by atoms with Crippen LogP contribution in [0.15, 0.2) is 24.4 Å². The summed E-state index contributed by atoms with van der Waals surface area (Å²) in [6.45, 7) is 5.23. The molecule has 0 aliphatic heterocycles. The second kappa shape index (κ2) is 6.50. The van der Waals surface area contributed by atoms with E-state index in [1.54, 1.807) is 20.0 Å². The molecule has 0 radical (unpaired) electrons. The van der Waals surface area contributed by atoms with Crippen LogP contribution in [0.2, 0.25) is 0 Å². The first-order chi connectivity index (χ1) is 8.42. The maximum Gasteiger partial charge on any atom is 0.309 e. The van der Waals surface area contributed by atoms with Gasteiger partial charge in [-0.25, -0.2) is 0 Å². The molecule has 0 spiro atoms. The van der Waals surface area contributed by atoms with E-state index in [0.717, 1.165) is 25.2 Å². The molecular weight excluding hydrogens is 228 g/mol. The summed E-state index contributed by atoms with van der Waals surface area (Å²) in [7, 11) is 2.03. The minimum Gasteiger partial charge on any atom is -0.481 e. The zero-order valence-corrected chi connectivity index (χ0v) is 11.4. The highest BCUT2D eigenvalue weighted by atomic mass is 16.4. The minimum atomic E-state index is -0.727. The number of rotatable bonds is 7. The fourth-order valence-electron chi connectivity index (χ4n) is 1.75. The Morgan fingerprint density at radius 2 is 2.17 bits per heavy atom. The quantitative estimate of drug-likeness (QED) is 0.807. The molecule has 0 saturated carbocycles. The lowest BCUT2D eigenvalue weighted by atomic mass is 9.88. The lowest BCUT2D eigenvalue weighted by molar-refractivity contribution is -0.147. The van der Waals surface area contributed by atoms with Gasteiger partial charge in [-0.1, -0.05) is 6.07 Å². The van der Waals surface area contributed by atoms with Gasteiger partial charge in [-0.2, -0.15) is 0 Å². The highest BCUT2D eigenvalue weighted by Crippen LogP contribution is 2.22. The topological polar surface area (TPSA) is 53.4 Å². The fraction of sp³-hybridized carbons (Fsp3) is 0.571. The molecule has 1 aromatic rings. The molecule has 1 N–H and O–H groups in total. The van der Waals surface area contributed by atoms with Crippen molar-refractivity contribution < 1.29 is 9.90 Å². The normalized spacial score (nSPS) is 11.8. The molecule has 1 rings (SSSR count). The molecular formula is C14H22N2O2. The van der Waals surface area contributed by atoms with Crippen LogP contribution in [-0.4, -0.2) is 34.6 Å². The number of aromatic nitrogens is 1. The third-order valence-corrected chi connectivity index (χ3v) is 3.08. The monoisotopic (exact) mass is 250 g/mol. The fourth-order valence-corrected chi connectivity index (χ4v) is 1.75. The first-order valence-corrected chi connectivity index (χ1v) is 6.23. The SMILES string of the molecule is CN(CCCC(C)(C)C(=O)O)Cc1ccccn1. The Kier molecular flexibility index (Phi) is 5.28. The van der Waals surface area contributed by atoms with Crippen LogP contribution in [0.1, 0.15) is 32.4 Å². The largest absolute Gasteiger partial charge is 0.481 e. The Hall–Kier alpha value is -1.42. The minimum absolute atomic E-state index is 0.633. The maximum absolute atomic E-state index is 11.0. The highest BCUT2D eigenvalue weighted by Gasteiger charge is 2.26. The molecule has 0 aliphatic rings. The zero-order chi connectivity index (χ0) is 13.6. The Labute approximate surface area is 109 Å². The maximum atomic E-state index is 11.0. The number of aliphatic carboxylic acids is 1. The van der Waals surface area contributed by atoms with Gasteiger partial charge in [-0.3, -0.25) is 9.78 Å². The summed E-state index contributed by atoms with van der Waals surface area (Å²) in [6.07, 6.45) is 3.36. The Balaban J connectivity index is 2.30. The molecule has 1 heterocycles. The standard InChI is InChI=1S/C14H22N2O2/c1-14(2,13(17)18)8-6-10-16(3)11-12-7-4-5-9-15-12/h4-5,7,9H,6,8,10-11H2,1-3H3,(H,17,18). The Bertz CT molecular complexity index is 377. The molecule has 0 saturated heterocycles. The van der Waals surface area contributed by atoms with Crippen LogP contribution in [0.4, 0.5) is 0 Å². The molecule has 4 heteroatoms. The van der Waals surface area contributed by atoms with Crippen molar-refractivity contribution in [3.05, 3.63) is 30.1 Å². The number of hydrogen-bond acceptors (Lipinski definition) is 3. The van der Waals surface area contributed by atoms with Gasteiger partial charge in [0.1, 0.15) is 0 Å². The summed E-state index contributed by atoms with van der Waals surface area (Å²) in [4.78, 5) is 17.4.